The van der Waals surface area contributed by atoms with Gasteiger partial charge >= 0.3 is 0 Å². The average Bonchev–Trinajstić information content (AvgIpc) is 3.49. The second-order valence-corrected chi connectivity index (χ2v) is 11.3. The van der Waals surface area contributed by atoms with Gasteiger partial charge in [-0.3, -0.25) is 9.69 Å². The van der Waals surface area contributed by atoms with Crippen molar-refractivity contribution in [2.45, 2.75) is 31.2 Å². The highest BCUT2D eigenvalue weighted by molar-refractivity contribution is 7.89. The number of rotatable bonds is 5. The van der Waals surface area contributed by atoms with Crippen molar-refractivity contribution in [1.82, 2.24) is 23.7 Å². The summed E-state index contributed by atoms with van der Waals surface area (Å²) in [6.07, 6.45) is 2.11. The fourth-order valence-electron chi connectivity index (χ4n) is 4.88. The molecule has 8 nitrogen and oxygen atoms in total. The first kappa shape index (κ1) is 23.9. The average molecular weight is 500 g/mol. The maximum Gasteiger partial charge on any atom is 0.253 e. The van der Waals surface area contributed by atoms with Gasteiger partial charge in [-0.05, 0) is 61.7 Å². The molecule has 3 aromatic rings. The van der Waals surface area contributed by atoms with E-state index in [0.717, 1.165) is 42.8 Å². The van der Waals surface area contributed by atoms with E-state index in [2.05, 4.69) is 4.90 Å². The van der Waals surface area contributed by atoms with E-state index in [1.807, 2.05) is 34.7 Å². The minimum absolute atomic E-state index is 0.0604. The Bertz CT molecular complexity index is 1370. The first-order chi connectivity index (χ1) is 16.7. The number of hydrogen-bond acceptors (Lipinski definition) is 5. The van der Waals surface area contributed by atoms with E-state index in [1.165, 1.54) is 22.5 Å². The number of benzene rings is 2. The Morgan fingerprint density at radius 2 is 1.71 bits per heavy atom. The van der Waals surface area contributed by atoms with E-state index in [9.17, 15) is 17.6 Å². The molecule has 1 amide bonds. The third kappa shape index (κ3) is 4.57. The van der Waals surface area contributed by atoms with Crippen molar-refractivity contribution in [3.8, 4) is 0 Å². The van der Waals surface area contributed by atoms with Crippen LogP contribution < -0.4 is 0 Å². The monoisotopic (exact) mass is 499 g/mol. The number of halogens is 1. The fourth-order valence-corrected chi connectivity index (χ4v) is 6.39. The van der Waals surface area contributed by atoms with Crippen LogP contribution in [0.15, 0.2) is 41.3 Å². The highest BCUT2D eigenvalue weighted by atomic mass is 32.2. The number of aryl methyl sites for hydroxylation is 2. The van der Waals surface area contributed by atoms with Crippen LogP contribution in [0.25, 0.3) is 11.0 Å². The van der Waals surface area contributed by atoms with Gasteiger partial charge < -0.3 is 9.47 Å². The van der Waals surface area contributed by atoms with Gasteiger partial charge in [-0.15, -0.1) is 0 Å². The molecule has 0 bridgehead atoms. The lowest BCUT2D eigenvalue weighted by Gasteiger charge is -2.33. The van der Waals surface area contributed by atoms with Crippen LogP contribution in [0.5, 0.6) is 0 Å². The summed E-state index contributed by atoms with van der Waals surface area (Å²) < 4.78 is 43.1. The van der Waals surface area contributed by atoms with Crippen molar-refractivity contribution in [2.24, 2.45) is 7.05 Å². The lowest BCUT2D eigenvalue weighted by Crippen LogP contribution is -2.48. The minimum atomic E-state index is -3.66. The molecule has 2 aliphatic heterocycles. The number of sulfonamides is 1. The zero-order valence-electron chi connectivity index (χ0n) is 20.1. The molecule has 5 rings (SSSR count). The van der Waals surface area contributed by atoms with Crippen molar-refractivity contribution in [3.63, 3.8) is 0 Å². The van der Waals surface area contributed by atoms with Gasteiger partial charge in [0.15, 0.2) is 0 Å². The number of likely N-dealkylation sites (tertiary alicyclic amines) is 1. The topological polar surface area (TPSA) is 78.8 Å². The first-order valence-corrected chi connectivity index (χ1v) is 13.4. The molecule has 0 radical (unpaired) electrons. The molecule has 2 saturated heterocycles. The number of piperazine rings is 1. The molecule has 0 unspecified atom stereocenters. The van der Waals surface area contributed by atoms with E-state index >= 15 is 0 Å². The molecule has 2 aromatic carbocycles. The van der Waals surface area contributed by atoms with Crippen LogP contribution in [0.3, 0.4) is 0 Å². The molecular weight excluding hydrogens is 469 g/mol. The number of carbonyl (C=O) groups excluding carboxylic acids is 1. The standard InChI is InChI=1S/C25H30FN5O3S/c1-18-15-20(6-7-21(18)26)35(33,34)31-13-11-29(12-14-31)17-24-27-22-16-19(5-8-23(22)28(24)2)25(32)30-9-3-4-10-30/h5-8,15-16H,3-4,9-14,17H2,1-2H3. The Morgan fingerprint density at radius 1 is 1.00 bits per heavy atom. The van der Waals surface area contributed by atoms with Crippen LogP contribution in [-0.4, -0.2) is 77.2 Å². The number of amides is 1. The van der Waals surface area contributed by atoms with Crippen molar-refractivity contribution in [1.29, 1.82) is 0 Å². The van der Waals surface area contributed by atoms with Crippen molar-refractivity contribution in [2.75, 3.05) is 39.3 Å². The summed E-state index contributed by atoms with van der Waals surface area (Å²) in [6, 6.07) is 9.61. The van der Waals surface area contributed by atoms with Gasteiger partial charge in [0.2, 0.25) is 10.0 Å². The number of imidazole rings is 1. The van der Waals surface area contributed by atoms with Gasteiger partial charge in [0.05, 0.1) is 22.5 Å². The second kappa shape index (κ2) is 9.33. The molecule has 0 spiro atoms. The molecule has 1 aromatic heterocycles. The molecule has 35 heavy (non-hydrogen) atoms. The highest BCUT2D eigenvalue weighted by Crippen LogP contribution is 2.23. The van der Waals surface area contributed by atoms with Crippen LogP contribution in [0.1, 0.15) is 34.6 Å². The van der Waals surface area contributed by atoms with Gasteiger partial charge in [0, 0.05) is 51.9 Å². The predicted molar refractivity (Wildman–Crippen MR) is 131 cm³/mol. The minimum Gasteiger partial charge on any atom is -0.339 e. The van der Waals surface area contributed by atoms with Crippen molar-refractivity contribution >= 4 is 27.0 Å². The SMILES string of the molecule is Cc1cc(S(=O)(=O)N2CCN(Cc3nc4cc(C(=O)N5CCCC5)ccc4n3C)CC2)ccc1F. The Labute approximate surface area is 205 Å². The first-order valence-electron chi connectivity index (χ1n) is 12.0. The second-order valence-electron chi connectivity index (χ2n) is 9.38. The third-order valence-corrected chi connectivity index (χ3v) is 8.97. The Hall–Kier alpha value is -2.82. The van der Waals surface area contributed by atoms with Crippen LogP contribution in [-0.2, 0) is 23.6 Å². The lowest BCUT2D eigenvalue weighted by molar-refractivity contribution is 0.0793. The maximum absolute atomic E-state index is 13.6. The lowest BCUT2D eigenvalue weighted by atomic mass is 10.2. The number of carbonyl (C=O) groups is 1. The summed E-state index contributed by atoms with van der Waals surface area (Å²) >= 11 is 0. The summed E-state index contributed by atoms with van der Waals surface area (Å²) in [5, 5.41) is 0. The molecule has 2 fully saturated rings. The predicted octanol–water partition coefficient (Wildman–Crippen LogP) is 2.76. The van der Waals surface area contributed by atoms with Gasteiger partial charge in [0.1, 0.15) is 11.6 Å². The van der Waals surface area contributed by atoms with E-state index in [0.29, 0.717) is 43.9 Å². The molecule has 0 aliphatic carbocycles. The van der Waals surface area contributed by atoms with Gasteiger partial charge in [-0.25, -0.2) is 17.8 Å². The fraction of sp³-hybridized carbons (Fsp3) is 0.440. The summed E-state index contributed by atoms with van der Waals surface area (Å²) in [5.74, 6) is 0.519. The van der Waals surface area contributed by atoms with Crippen molar-refractivity contribution in [3.05, 3.63) is 59.2 Å². The van der Waals surface area contributed by atoms with Gasteiger partial charge in [-0.2, -0.15) is 4.31 Å². The number of aromatic nitrogens is 2. The number of nitrogens with zero attached hydrogens (tertiary/aromatic N) is 5. The summed E-state index contributed by atoms with van der Waals surface area (Å²) in [6.45, 7) is 5.63. The quantitative estimate of drug-likeness (QED) is 0.540. The van der Waals surface area contributed by atoms with E-state index in [-0.39, 0.29) is 10.8 Å². The normalized spacial score (nSPS) is 18.0. The molecule has 0 saturated carbocycles. The third-order valence-electron chi connectivity index (χ3n) is 7.08. The Morgan fingerprint density at radius 3 is 2.40 bits per heavy atom. The molecule has 0 N–H and O–H groups in total. The number of fused-ring (bicyclic) bond motifs is 1. The molecule has 3 heterocycles. The van der Waals surface area contributed by atoms with Crippen LogP contribution in [0.2, 0.25) is 0 Å². The molecular formula is C25H30FN5O3S. The largest absolute Gasteiger partial charge is 0.339 e. The highest BCUT2D eigenvalue weighted by Gasteiger charge is 2.29. The maximum atomic E-state index is 13.6. The van der Waals surface area contributed by atoms with Gasteiger partial charge in [0.25, 0.3) is 5.91 Å². The van der Waals surface area contributed by atoms with Crippen molar-refractivity contribution < 1.29 is 17.6 Å². The van der Waals surface area contributed by atoms with Crippen LogP contribution in [0, 0.1) is 12.7 Å². The zero-order chi connectivity index (χ0) is 24.7. The van der Waals surface area contributed by atoms with Gasteiger partial charge in [-0.1, -0.05) is 0 Å². The van der Waals surface area contributed by atoms with Crippen LogP contribution >= 0.6 is 0 Å². The van der Waals surface area contributed by atoms with E-state index in [1.54, 1.807) is 6.92 Å². The molecule has 0 atom stereocenters. The summed E-state index contributed by atoms with van der Waals surface area (Å²) in [7, 11) is -1.70. The van der Waals surface area contributed by atoms with E-state index < -0.39 is 15.8 Å². The summed E-state index contributed by atoms with van der Waals surface area (Å²) in [5.41, 5.74) is 2.74. The molecule has 2 aliphatic rings. The Balaban J connectivity index is 1.26. The van der Waals surface area contributed by atoms with Crippen LogP contribution in [0.4, 0.5) is 4.39 Å². The Kier molecular flexibility index (Phi) is 6.37. The summed E-state index contributed by atoms with van der Waals surface area (Å²) in [4.78, 5) is 21.8. The molecule has 10 heteroatoms. The zero-order valence-corrected chi connectivity index (χ0v) is 20.9. The smallest absolute Gasteiger partial charge is 0.253 e. The van der Waals surface area contributed by atoms with E-state index in [4.69, 9.17) is 4.98 Å². The molecule has 186 valence electrons. The number of hydrogen-bond donors (Lipinski definition) is 0.